The number of pyridine rings is 1. The quantitative estimate of drug-likeness (QED) is 0.241. The van der Waals surface area contributed by atoms with E-state index in [9.17, 15) is 15.2 Å². The Kier molecular flexibility index (Phi) is 5.59. The molecule has 0 saturated carbocycles. The van der Waals surface area contributed by atoms with Crippen LogP contribution in [0.4, 0.5) is 23.0 Å². The van der Waals surface area contributed by atoms with Crippen molar-refractivity contribution < 1.29 is 9.90 Å². The number of aromatic amines is 1. The van der Waals surface area contributed by atoms with Gasteiger partial charge in [0.15, 0.2) is 17.4 Å². The Morgan fingerprint density at radius 3 is 2.81 bits per heavy atom. The van der Waals surface area contributed by atoms with Gasteiger partial charge in [0.1, 0.15) is 23.1 Å². The Bertz CT molecular complexity index is 1720. The van der Waals surface area contributed by atoms with Gasteiger partial charge in [-0.05, 0) is 29.0 Å². The van der Waals surface area contributed by atoms with Crippen LogP contribution in [0.5, 0.6) is 5.75 Å². The number of anilines is 1. The monoisotopic (exact) mass is 474 g/mol. The number of carbonyl (C=O) groups excluding carboxylic acids is 1. The average molecular weight is 474 g/mol. The van der Waals surface area contributed by atoms with Crippen LogP contribution >= 0.6 is 0 Å². The zero-order chi connectivity index (χ0) is 25.1. The number of phenols is 1. The number of amides is 1. The van der Waals surface area contributed by atoms with Crippen molar-refractivity contribution in [2.45, 2.75) is 0 Å². The highest BCUT2D eigenvalue weighted by Crippen LogP contribution is 2.39. The van der Waals surface area contributed by atoms with E-state index in [4.69, 9.17) is 6.57 Å². The molecule has 0 unspecified atom stereocenters. The SMILES string of the molecule is [C-]#[N+]c1cnn(-c2ccccn2)c1/N=N/c1cc2ccccc2c(C(=O)Nc2[nH]ncc2C#N)c1O. The van der Waals surface area contributed by atoms with Gasteiger partial charge in [-0.15, -0.1) is 10.2 Å². The molecule has 0 fully saturated rings. The minimum Gasteiger partial charge on any atom is -0.505 e. The second-order valence-electron chi connectivity index (χ2n) is 7.33. The number of rotatable bonds is 5. The summed E-state index contributed by atoms with van der Waals surface area (Å²) in [6.45, 7) is 7.43. The van der Waals surface area contributed by atoms with Crippen LogP contribution in [0.3, 0.4) is 0 Å². The molecule has 3 aromatic heterocycles. The number of azo groups is 1. The normalized spacial score (nSPS) is 10.8. The minimum atomic E-state index is -0.679. The van der Waals surface area contributed by atoms with Crippen LogP contribution < -0.4 is 5.32 Å². The third kappa shape index (κ3) is 3.87. The fourth-order valence-electron chi connectivity index (χ4n) is 3.52. The molecule has 5 rings (SSSR count). The lowest BCUT2D eigenvalue weighted by atomic mass is 10.0. The second-order valence-corrected chi connectivity index (χ2v) is 7.33. The van der Waals surface area contributed by atoms with E-state index in [-0.39, 0.29) is 34.1 Å². The molecule has 1 amide bonds. The van der Waals surface area contributed by atoms with Gasteiger partial charge in [0.05, 0.1) is 24.5 Å². The van der Waals surface area contributed by atoms with Crippen molar-refractivity contribution in [1.82, 2.24) is 25.0 Å². The number of aromatic hydroxyl groups is 1. The summed E-state index contributed by atoms with van der Waals surface area (Å²) in [5.41, 5.74) is 0.196. The first-order valence-corrected chi connectivity index (χ1v) is 10.4. The van der Waals surface area contributed by atoms with Crippen LogP contribution in [-0.2, 0) is 0 Å². The van der Waals surface area contributed by atoms with Gasteiger partial charge >= 0.3 is 0 Å². The summed E-state index contributed by atoms with van der Waals surface area (Å²) in [5, 5.41) is 42.7. The number of hydrogen-bond acceptors (Lipinski definition) is 8. The highest BCUT2D eigenvalue weighted by molar-refractivity contribution is 6.16. The lowest BCUT2D eigenvalue weighted by molar-refractivity contribution is 0.102. The van der Waals surface area contributed by atoms with E-state index in [1.807, 2.05) is 6.07 Å². The van der Waals surface area contributed by atoms with E-state index in [0.717, 1.165) is 0 Å². The average Bonchev–Trinajstić information content (AvgIpc) is 3.54. The van der Waals surface area contributed by atoms with Gasteiger partial charge in [-0.25, -0.2) is 14.5 Å². The lowest BCUT2D eigenvalue weighted by Crippen LogP contribution is -2.14. The van der Waals surface area contributed by atoms with Crippen molar-refractivity contribution in [2.24, 2.45) is 10.2 Å². The first kappa shape index (κ1) is 21.9. The van der Waals surface area contributed by atoms with E-state index in [1.165, 1.54) is 17.1 Å². The van der Waals surface area contributed by atoms with E-state index >= 15 is 0 Å². The van der Waals surface area contributed by atoms with Gasteiger partial charge in [-0.2, -0.15) is 15.5 Å². The summed E-state index contributed by atoms with van der Waals surface area (Å²) < 4.78 is 1.35. The third-order valence-electron chi connectivity index (χ3n) is 5.19. The molecule has 3 heterocycles. The van der Waals surface area contributed by atoms with Gasteiger partial charge < -0.3 is 10.4 Å². The van der Waals surface area contributed by atoms with Crippen molar-refractivity contribution in [3.05, 3.63) is 89.7 Å². The molecule has 172 valence electrons. The van der Waals surface area contributed by atoms with Crippen LogP contribution in [0.15, 0.2) is 77.3 Å². The van der Waals surface area contributed by atoms with E-state index < -0.39 is 11.7 Å². The van der Waals surface area contributed by atoms with Gasteiger partial charge in [-0.3, -0.25) is 9.89 Å². The van der Waals surface area contributed by atoms with E-state index in [1.54, 1.807) is 54.7 Å². The Hall–Kier alpha value is -5.88. The van der Waals surface area contributed by atoms with Gasteiger partial charge in [0.25, 0.3) is 11.6 Å². The molecule has 0 saturated heterocycles. The summed E-state index contributed by atoms with van der Waals surface area (Å²) in [6, 6.07) is 15.6. The van der Waals surface area contributed by atoms with Crippen LogP contribution in [0.25, 0.3) is 21.4 Å². The van der Waals surface area contributed by atoms with Crippen molar-refractivity contribution in [2.75, 3.05) is 5.32 Å². The fraction of sp³-hybridized carbons (Fsp3) is 0. The second kappa shape index (κ2) is 9.17. The molecule has 3 N–H and O–H groups in total. The maximum absolute atomic E-state index is 13.2. The number of hydrogen-bond donors (Lipinski definition) is 3. The summed E-state index contributed by atoms with van der Waals surface area (Å²) in [4.78, 5) is 20.8. The number of fused-ring (bicyclic) bond motifs is 1. The molecule has 12 nitrogen and oxygen atoms in total. The maximum atomic E-state index is 13.2. The van der Waals surface area contributed by atoms with Crippen molar-refractivity contribution >= 4 is 39.7 Å². The number of nitrogens with zero attached hydrogens (tertiary/aromatic N) is 8. The summed E-state index contributed by atoms with van der Waals surface area (Å²) in [7, 11) is 0. The zero-order valence-electron chi connectivity index (χ0n) is 18.3. The number of nitriles is 1. The van der Waals surface area contributed by atoms with Gasteiger partial charge in [0, 0.05) is 6.20 Å². The number of carbonyl (C=O) groups is 1. The number of benzene rings is 2. The van der Waals surface area contributed by atoms with E-state index in [0.29, 0.717) is 16.6 Å². The van der Waals surface area contributed by atoms with Crippen LogP contribution in [0.2, 0.25) is 0 Å². The summed E-state index contributed by atoms with van der Waals surface area (Å²) in [6.07, 6.45) is 4.19. The number of aromatic nitrogens is 5. The summed E-state index contributed by atoms with van der Waals surface area (Å²) in [5.74, 6) is -0.475. The minimum absolute atomic E-state index is 0.00586. The molecule has 0 spiro atoms. The molecular weight excluding hydrogens is 460 g/mol. The Morgan fingerprint density at radius 2 is 2.03 bits per heavy atom. The highest BCUT2D eigenvalue weighted by atomic mass is 16.3. The number of nitrogens with one attached hydrogen (secondary N) is 2. The smallest absolute Gasteiger partial charge is 0.261 e. The summed E-state index contributed by atoms with van der Waals surface area (Å²) >= 11 is 0. The molecule has 5 aromatic rings. The van der Waals surface area contributed by atoms with Crippen molar-refractivity contribution in [3.8, 4) is 17.6 Å². The molecule has 2 aromatic carbocycles. The zero-order valence-corrected chi connectivity index (χ0v) is 18.3. The number of phenolic OH excluding ortho intramolecular Hbond substituents is 1. The largest absolute Gasteiger partial charge is 0.505 e. The molecule has 0 bridgehead atoms. The Labute approximate surface area is 203 Å². The Morgan fingerprint density at radius 1 is 1.19 bits per heavy atom. The molecular formula is C24H14N10O2. The molecule has 36 heavy (non-hydrogen) atoms. The molecule has 0 aliphatic rings. The molecule has 0 atom stereocenters. The molecule has 0 aliphatic carbocycles. The first-order valence-electron chi connectivity index (χ1n) is 10.4. The van der Waals surface area contributed by atoms with Crippen LogP contribution in [0, 0.1) is 17.9 Å². The Balaban J connectivity index is 1.61. The predicted octanol–water partition coefficient (Wildman–Crippen LogP) is 4.94. The fourth-order valence-corrected chi connectivity index (χ4v) is 3.52. The lowest BCUT2D eigenvalue weighted by Gasteiger charge is -2.11. The molecule has 0 aliphatic heterocycles. The molecule has 0 radical (unpaired) electrons. The van der Waals surface area contributed by atoms with Crippen LogP contribution in [-0.4, -0.2) is 36.0 Å². The van der Waals surface area contributed by atoms with Crippen molar-refractivity contribution in [3.63, 3.8) is 0 Å². The highest BCUT2D eigenvalue weighted by Gasteiger charge is 2.21. The standard InChI is InChI=1S/C24H14N10O2/c1-26-18-13-29-34(19-8-4-5-9-27-19)23(18)33-31-17-10-14-6-2-3-7-16(14)20(21(17)35)24(36)30-22-15(11-25)12-28-32-22/h2-10,12-13,35H,(H2,28,30,32,36)/b33-31+. The van der Waals surface area contributed by atoms with Crippen molar-refractivity contribution in [1.29, 1.82) is 5.26 Å². The molecule has 12 heteroatoms. The number of H-pyrrole nitrogens is 1. The van der Waals surface area contributed by atoms with E-state index in [2.05, 4.69) is 40.7 Å². The van der Waals surface area contributed by atoms with Gasteiger partial charge in [0.2, 0.25) is 0 Å². The third-order valence-corrected chi connectivity index (χ3v) is 5.19. The maximum Gasteiger partial charge on any atom is 0.261 e. The van der Waals surface area contributed by atoms with Gasteiger partial charge in [-0.1, -0.05) is 30.3 Å². The first-order chi connectivity index (χ1) is 17.6. The topological polar surface area (TPSA) is 162 Å². The predicted molar refractivity (Wildman–Crippen MR) is 129 cm³/mol. The van der Waals surface area contributed by atoms with Crippen LogP contribution in [0.1, 0.15) is 15.9 Å².